The lowest BCUT2D eigenvalue weighted by Crippen LogP contribution is -2.16. The van der Waals surface area contributed by atoms with Gasteiger partial charge in [0, 0.05) is 17.2 Å². The third-order valence-corrected chi connectivity index (χ3v) is 3.54. The van der Waals surface area contributed by atoms with Gasteiger partial charge in [-0.2, -0.15) is 0 Å². The Balaban J connectivity index is 2.51. The quantitative estimate of drug-likeness (QED) is 0.831. The fourth-order valence-electron chi connectivity index (χ4n) is 2.36. The molecule has 0 radical (unpaired) electrons. The number of aliphatic hydroxyl groups excluding tert-OH is 1. The van der Waals surface area contributed by atoms with E-state index in [0.29, 0.717) is 11.3 Å². The lowest BCUT2D eigenvalue weighted by molar-refractivity contribution is 0.103. The standard InChI is InChI=1S/C19H22O4/c1-19(2,3)15-11-14(16(21)12-17(15)23-10-9-20)18(22)13-7-5-4-6-8-13/h4-8,11-12,20-21H,9-10H2,1-3H3. The summed E-state index contributed by atoms with van der Waals surface area (Å²) in [5, 5.41) is 19.2. The molecule has 0 bridgehead atoms. The third-order valence-electron chi connectivity index (χ3n) is 3.54. The molecule has 0 aliphatic rings. The average molecular weight is 314 g/mol. The highest BCUT2D eigenvalue weighted by Crippen LogP contribution is 2.37. The molecule has 0 atom stereocenters. The Morgan fingerprint density at radius 1 is 1.13 bits per heavy atom. The largest absolute Gasteiger partial charge is 0.507 e. The number of rotatable bonds is 5. The van der Waals surface area contributed by atoms with Gasteiger partial charge in [-0.25, -0.2) is 0 Å². The first-order chi connectivity index (χ1) is 10.8. The average Bonchev–Trinajstić information content (AvgIpc) is 2.52. The molecule has 0 aliphatic heterocycles. The van der Waals surface area contributed by atoms with E-state index in [9.17, 15) is 9.90 Å². The highest BCUT2D eigenvalue weighted by atomic mass is 16.5. The fourth-order valence-corrected chi connectivity index (χ4v) is 2.36. The van der Waals surface area contributed by atoms with Gasteiger partial charge in [-0.15, -0.1) is 0 Å². The van der Waals surface area contributed by atoms with Gasteiger partial charge in [-0.05, 0) is 11.5 Å². The van der Waals surface area contributed by atoms with E-state index in [1.165, 1.54) is 6.07 Å². The molecular weight excluding hydrogens is 292 g/mol. The maximum absolute atomic E-state index is 12.6. The fraction of sp³-hybridized carbons (Fsp3) is 0.316. The van der Waals surface area contributed by atoms with Crippen LogP contribution in [0.1, 0.15) is 42.3 Å². The van der Waals surface area contributed by atoms with E-state index in [-0.39, 0.29) is 35.7 Å². The number of hydrogen-bond acceptors (Lipinski definition) is 4. The summed E-state index contributed by atoms with van der Waals surface area (Å²) in [6.45, 7) is 6.02. The van der Waals surface area contributed by atoms with Crippen molar-refractivity contribution in [2.45, 2.75) is 26.2 Å². The Morgan fingerprint density at radius 2 is 1.78 bits per heavy atom. The lowest BCUT2D eigenvalue weighted by Gasteiger charge is -2.24. The first kappa shape index (κ1) is 17.0. The second kappa shape index (κ2) is 6.84. The molecule has 0 amide bonds. The number of hydrogen-bond donors (Lipinski definition) is 2. The Labute approximate surface area is 136 Å². The summed E-state index contributed by atoms with van der Waals surface area (Å²) >= 11 is 0. The van der Waals surface area contributed by atoms with Gasteiger partial charge in [0.25, 0.3) is 0 Å². The monoisotopic (exact) mass is 314 g/mol. The molecule has 4 heteroatoms. The molecule has 2 aromatic carbocycles. The van der Waals surface area contributed by atoms with Crippen molar-refractivity contribution in [2.75, 3.05) is 13.2 Å². The number of ketones is 1. The van der Waals surface area contributed by atoms with Gasteiger partial charge in [0.2, 0.25) is 0 Å². The highest BCUT2D eigenvalue weighted by molar-refractivity contribution is 6.10. The van der Waals surface area contributed by atoms with Gasteiger partial charge >= 0.3 is 0 Å². The van der Waals surface area contributed by atoms with Crippen LogP contribution in [0.15, 0.2) is 42.5 Å². The zero-order chi connectivity index (χ0) is 17.0. The summed E-state index contributed by atoms with van der Waals surface area (Å²) in [7, 11) is 0. The van der Waals surface area contributed by atoms with Gasteiger partial charge in [-0.1, -0.05) is 51.1 Å². The Morgan fingerprint density at radius 3 is 2.35 bits per heavy atom. The van der Waals surface area contributed by atoms with Crippen molar-refractivity contribution in [3.05, 3.63) is 59.2 Å². The SMILES string of the molecule is CC(C)(C)c1cc(C(=O)c2ccccc2)c(O)cc1OCCO. The van der Waals surface area contributed by atoms with Crippen molar-refractivity contribution in [3.8, 4) is 11.5 Å². The molecule has 0 spiro atoms. The molecule has 0 aliphatic carbocycles. The van der Waals surface area contributed by atoms with E-state index in [1.807, 2.05) is 26.8 Å². The molecule has 23 heavy (non-hydrogen) atoms. The molecule has 4 nitrogen and oxygen atoms in total. The molecule has 122 valence electrons. The van der Waals surface area contributed by atoms with E-state index < -0.39 is 0 Å². The number of ether oxygens (including phenoxy) is 1. The zero-order valence-electron chi connectivity index (χ0n) is 13.7. The summed E-state index contributed by atoms with van der Waals surface area (Å²) in [6.07, 6.45) is 0. The van der Waals surface area contributed by atoms with Crippen LogP contribution in [0.4, 0.5) is 0 Å². The van der Waals surface area contributed by atoms with Crippen LogP contribution in [0.2, 0.25) is 0 Å². The van der Waals surface area contributed by atoms with Crippen molar-refractivity contribution >= 4 is 5.78 Å². The second-order valence-electron chi connectivity index (χ2n) is 6.38. The van der Waals surface area contributed by atoms with Crippen LogP contribution in [-0.4, -0.2) is 29.2 Å². The number of benzene rings is 2. The van der Waals surface area contributed by atoms with E-state index in [0.717, 1.165) is 5.56 Å². The van der Waals surface area contributed by atoms with Crippen LogP contribution in [0, 0.1) is 0 Å². The molecule has 0 saturated carbocycles. The third kappa shape index (κ3) is 3.90. The van der Waals surface area contributed by atoms with Crippen molar-refractivity contribution in [2.24, 2.45) is 0 Å². The van der Waals surface area contributed by atoms with Crippen LogP contribution in [0.25, 0.3) is 0 Å². The molecule has 0 fully saturated rings. The zero-order valence-corrected chi connectivity index (χ0v) is 13.7. The molecule has 0 aromatic heterocycles. The molecule has 0 heterocycles. The molecular formula is C19H22O4. The number of carbonyl (C=O) groups excluding carboxylic acids is 1. The van der Waals surface area contributed by atoms with Crippen LogP contribution >= 0.6 is 0 Å². The summed E-state index contributed by atoms with van der Waals surface area (Å²) in [5.74, 6) is 0.121. The maximum atomic E-state index is 12.6. The molecule has 2 aromatic rings. The first-order valence-corrected chi connectivity index (χ1v) is 7.55. The number of phenolic OH excluding ortho intramolecular Hbond substituents is 1. The minimum Gasteiger partial charge on any atom is -0.507 e. The molecule has 0 unspecified atom stereocenters. The molecule has 2 N–H and O–H groups in total. The van der Waals surface area contributed by atoms with Crippen LogP contribution < -0.4 is 4.74 Å². The van der Waals surface area contributed by atoms with Crippen molar-refractivity contribution in [1.29, 1.82) is 0 Å². The Hall–Kier alpha value is -2.33. The predicted molar refractivity (Wildman–Crippen MR) is 89.3 cm³/mol. The van der Waals surface area contributed by atoms with Gasteiger partial charge in [-0.3, -0.25) is 4.79 Å². The Kier molecular flexibility index (Phi) is 5.06. The van der Waals surface area contributed by atoms with Crippen LogP contribution in [0.3, 0.4) is 0 Å². The summed E-state index contributed by atoms with van der Waals surface area (Å²) in [4.78, 5) is 12.6. The molecule has 2 rings (SSSR count). The van der Waals surface area contributed by atoms with Crippen LogP contribution in [0.5, 0.6) is 11.5 Å². The maximum Gasteiger partial charge on any atom is 0.196 e. The van der Waals surface area contributed by atoms with Gasteiger partial charge in [0.05, 0.1) is 12.2 Å². The Bertz CT molecular complexity index is 685. The predicted octanol–water partition coefficient (Wildman–Crippen LogP) is 3.29. The second-order valence-corrected chi connectivity index (χ2v) is 6.38. The number of phenols is 1. The minimum absolute atomic E-state index is 0.116. The molecule has 0 saturated heterocycles. The van der Waals surface area contributed by atoms with Gasteiger partial charge in [0.1, 0.15) is 18.1 Å². The van der Waals surface area contributed by atoms with Gasteiger partial charge < -0.3 is 14.9 Å². The number of aromatic hydroxyl groups is 1. The van der Waals surface area contributed by atoms with Crippen LogP contribution in [-0.2, 0) is 5.41 Å². The van der Waals surface area contributed by atoms with Crippen molar-refractivity contribution in [3.63, 3.8) is 0 Å². The smallest absolute Gasteiger partial charge is 0.196 e. The topological polar surface area (TPSA) is 66.8 Å². The number of aliphatic hydroxyl groups is 1. The van der Waals surface area contributed by atoms with E-state index in [2.05, 4.69) is 0 Å². The summed E-state index contributed by atoms with van der Waals surface area (Å²) < 4.78 is 5.51. The van der Waals surface area contributed by atoms with Crippen molar-refractivity contribution in [1.82, 2.24) is 0 Å². The number of carbonyl (C=O) groups is 1. The van der Waals surface area contributed by atoms with E-state index in [4.69, 9.17) is 9.84 Å². The minimum atomic E-state index is -0.274. The van der Waals surface area contributed by atoms with Crippen molar-refractivity contribution < 1.29 is 19.7 Å². The normalized spacial score (nSPS) is 11.3. The summed E-state index contributed by atoms with van der Waals surface area (Å²) in [5.41, 5.74) is 1.30. The van der Waals surface area contributed by atoms with Gasteiger partial charge in [0.15, 0.2) is 5.78 Å². The van der Waals surface area contributed by atoms with E-state index >= 15 is 0 Å². The highest BCUT2D eigenvalue weighted by Gasteiger charge is 2.24. The van der Waals surface area contributed by atoms with E-state index in [1.54, 1.807) is 30.3 Å². The summed E-state index contributed by atoms with van der Waals surface area (Å²) in [6, 6.07) is 12.0. The first-order valence-electron chi connectivity index (χ1n) is 7.55. The lowest BCUT2D eigenvalue weighted by atomic mass is 9.84.